The largest absolute Gasteiger partial charge is 0.455 e. The summed E-state index contributed by atoms with van der Waals surface area (Å²) in [5.41, 5.74) is 9.51. The van der Waals surface area contributed by atoms with E-state index in [1.807, 2.05) is 97.1 Å². The van der Waals surface area contributed by atoms with Crippen molar-refractivity contribution in [2.24, 2.45) is 0 Å². The quantitative estimate of drug-likeness (QED) is 0.166. The van der Waals surface area contributed by atoms with E-state index < -0.39 is 11.7 Å². The maximum atomic E-state index is 14.2. The van der Waals surface area contributed by atoms with Crippen LogP contribution in [-0.4, -0.2) is 9.13 Å². The minimum Gasteiger partial charge on any atom is -0.455 e. The van der Waals surface area contributed by atoms with E-state index in [-0.39, 0.29) is 5.69 Å². The van der Waals surface area contributed by atoms with Crippen molar-refractivity contribution in [2.75, 3.05) is 0 Å². The molecule has 0 fully saturated rings. The third-order valence-electron chi connectivity index (χ3n) is 13.0. The summed E-state index contributed by atoms with van der Waals surface area (Å²) in [6.07, 6.45) is -4.65. The summed E-state index contributed by atoms with van der Waals surface area (Å²) in [6, 6.07) is 57.5. The molecule has 0 aliphatic rings. The lowest BCUT2D eigenvalue weighted by atomic mass is 9.90. The number of hydrogen-bond acceptors (Lipinski definition) is 3. The normalized spacial score (nSPS) is 12.1. The van der Waals surface area contributed by atoms with Crippen molar-refractivity contribution in [3.05, 3.63) is 198 Å². The highest BCUT2D eigenvalue weighted by atomic mass is 19.4. The third kappa shape index (κ3) is 5.29. The van der Waals surface area contributed by atoms with Gasteiger partial charge in [-0.1, -0.05) is 91.0 Å². The fourth-order valence-corrected chi connectivity index (χ4v) is 10.2. The van der Waals surface area contributed by atoms with Crippen LogP contribution in [0.15, 0.2) is 185 Å². The molecule has 4 heterocycles. The number of furan rings is 2. The van der Waals surface area contributed by atoms with Gasteiger partial charge in [-0.3, -0.25) is 0 Å². The molecule has 0 aliphatic heterocycles. The zero-order valence-corrected chi connectivity index (χ0v) is 34.5. The lowest BCUT2D eigenvalue weighted by Gasteiger charge is -2.20. The molecule has 9 heteroatoms. The summed E-state index contributed by atoms with van der Waals surface area (Å²) in [5.74, 6) is 0. The summed E-state index contributed by atoms with van der Waals surface area (Å²) in [4.78, 5) is 3.66. The van der Waals surface area contributed by atoms with Crippen LogP contribution in [0.3, 0.4) is 0 Å². The molecule has 310 valence electrons. The monoisotopic (exact) mass is 858 g/mol. The highest BCUT2D eigenvalue weighted by Crippen LogP contribution is 2.48. The van der Waals surface area contributed by atoms with Crippen molar-refractivity contribution in [2.45, 2.75) is 6.18 Å². The first-order valence-corrected chi connectivity index (χ1v) is 21.2. The summed E-state index contributed by atoms with van der Waals surface area (Å²) in [5, 5.41) is 18.3. The Morgan fingerprint density at radius 2 is 1.05 bits per heavy atom. The Morgan fingerprint density at radius 1 is 0.485 bits per heavy atom. The number of fused-ring (bicyclic) bond motifs is 14. The number of nitrogens with zero attached hydrogens (tertiary/aromatic N) is 4. The SMILES string of the molecule is [C-]#[N+]c1cc(C(F)(F)F)ccc1-c1ccc(-n2c3ccccc3c3c4oc5ccccc5c4ccc32)cc1-c1cc(C#N)ccc1-n1c2ccccc2c2c3oc4ccccc4c3ccc21. The molecule has 0 saturated heterocycles. The second-order valence-electron chi connectivity index (χ2n) is 16.5. The smallest absolute Gasteiger partial charge is 0.415 e. The van der Waals surface area contributed by atoms with Crippen molar-refractivity contribution >= 4 is 93.2 Å². The van der Waals surface area contributed by atoms with Crippen LogP contribution in [0.5, 0.6) is 0 Å². The molecule has 0 amide bonds. The average molecular weight is 859 g/mol. The van der Waals surface area contributed by atoms with Crippen molar-refractivity contribution in [1.29, 1.82) is 5.26 Å². The Balaban J connectivity index is 1.14. The molecule has 0 aliphatic carbocycles. The summed E-state index contributed by atoms with van der Waals surface area (Å²) < 4.78 is 60.0. The number of benzene rings is 9. The van der Waals surface area contributed by atoms with Crippen LogP contribution in [0.25, 0.3) is 126 Å². The third-order valence-corrected chi connectivity index (χ3v) is 13.0. The van der Waals surface area contributed by atoms with Gasteiger partial charge in [-0.15, -0.1) is 0 Å². The first kappa shape index (κ1) is 37.5. The number of aromatic nitrogens is 2. The van der Waals surface area contributed by atoms with Crippen LogP contribution in [0.1, 0.15) is 11.1 Å². The standard InChI is InChI=1S/C57H29F3N4O2/c1-62-45-29-33(57(58,59)60)19-21-36(45)35-22-20-34(63-46-14-6-2-12-41(46)53-49(63)26-23-39-37-10-4-8-16-51(37)65-55(39)53)30-43(35)44-28-32(31-61)18-25-48(44)64-47-15-7-3-13-42(47)54-50(64)27-24-40-38-11-5-9-17-52(38)66-56(40)54/h2-30H. The van der Waals surface area contributed by atoms with Crippen LogP contribution in [-0.2, 0) is 6.18 Å². The van der Waals surface area contributed by atoms with Crippen molar-refractivity contribution in [3.63, 3.8) is 0 Å². The summed E-state index contributed by atoms with van der Waals surface area (Å²) in [6.45, 7) is 8.15. The van der Waals surface area contributed by atoms with Gasteiger partial charge in [0, 0.05) is 49.1 Å². The van der Waals surface area contributed by atoms with E-state index in [2.05, 4.69) is 74.6 Å². The van der Waals surface area contributed by atoms with Crippen molar-refractivity contribution < 1.29 is 22.0 Å². The van der Waals surface area contributed by atoms with Gasteiger partial charge in [0.05, 0.1) is 56.7 Å². The van der Waals surface area contributed by atoms with Gasteiger partial charge in [-0.05, 0) is 102 Å². The minimum atomic E-state index is -4.65. The first-order chi connectivity index (χ1) is 32.3. The van der Waals surface area contributed by atoms with Crippen LogP contribution in [0.4, 0.5) is 18.9 Å². The second kappa shape index (κ2) is 13.7. The van der Waals surface area contributed by atoms with E-state index in [0.29, 0.717) is 27.8 Å². The maximum Gasteiger partial charge on any atom is 0.415 e. The molecule has 0 saturated carbocycles. The number of nitriles is 1. The molecule has 13 rings (SSSR count). The fourth-order valence-electron chi connectivity index (χ4n) is 10.2. The van der Waals surface area contributed by atoms with Crippen molar-refractivity contribution in [1.82, 2.24) is 9.13 Å². The number of para-hydroxylation sites is 4. The van der Waals surface area contributed by atoms with Crippen LogP contribution < -0.4 is 0 Å². The van der Waals surface area contributed by atoms with E-state index in [9.17, 15) is 18.4 Å². The summed E-state index contributed by atoms with van der Waals surface area (Å²) >= 11 is 0. The number of rotatable bonds is 4. The molecule has 66 heavy (non-hydrogen) atoms. The van der Waals surface area contributed by atoms with Gasteiger partial charge in [-0.25, -0.2) is 4.85 Å². The van der Waals surface area contributed by atoms with E-state index in [0.717, 1.165) is 111 Å². The Labute approximate surface area is 372 Å². The lowest BCUT2D eigenvalue weighted by molar-refractivity contribution is -0.137. The molecule has 0 unspecified atom stereocenters. The number of alkyl halides is 3. The Hall–Kier alpha value is -9.05. The molecule has 0 spiro atoms. The van der Waals surface area contributed by atoms with Crippen molar-refractivity contribution in [3.8, 4) is 39.7 Å². The van der Waals surface area contributed by atoms with Gasteiger partial charge in [0.1, 0.15) is 22.3 Å². The maximum absolute atomic E-state index is 14.2. The highest BCUT2D eigenvalue weighted by molar-refractivity contribution is 6.25. The van der Waals surface area contributed by atoms with Gasteiger partial charge >= 0.3 is 6.18 Å². The molecule has 13 aromatic rings. The zero-order valence-electron chi connectivity index (χ0n) is 34.5. The van der Waals surface area contributed by atoms with E-state index in [1.54, 1.807) is 6.07 Å². The van der Waals surface area contributed by atoms with Crippen LogP contribution in [0, 0.1) is 17.9 Å². The van der Waals surface area contributed by atoms with Crippen LogP contribution >= 0.6 is 0 Å². The first-order valence-electron chi connectivity index (χ1n) is 21.2. The highest BCUT2D eigenvalue weighted by Gasteiger charge is 2.32. The predicted molar refractivity (Wildman–Crippen MR) is 257 cm³/mol. The molecule has 4 aromatic heterocycles. The topological polar surface area (TPSA) is 64.3 Å². The average Bonchev–Trinajstić information content (AvgIpc) is 4.11. The minimum absolute atomic E-state index is 0.148. The lowest BCUT2D eigenvalue weighted by Crippen LogP contribution is -2.04. The molecule has 0 radical (unpaired) electrons. The molecule has 0 atom stereocenters. The fraction of sp³-hybridized carbons (Fsp3) is 0.0175. The number of halogens is 3. The molecular formula is C57H29F3N4O2. The molecule has 0 bridgehead atoms. The molecular weight excluding hydrogens is 830 g/mol. The Kier molecular flexibility index (Phi) is 7.80. The second-order valence-corrected chi connectivity index (χ2v) is 16.5. The zero-order chi connectivity index (χ0) is 44.4. The van der Waals surface area contributed by atoms with Crippen LogP contribution in [0.2, 0.25) is 0 Å². The molecule has 6 nitrogen and oxygen atoms in total. The number of hydrogen-bond donors (Lipinski definition) is 0. The summed E-state index contributed by atoms with van der Waals surface area (Å²) in [7, 11) is 0. The van der Waals surface area contributed by atoms with E-state index in [1.165, 1.54) is 6.07 Å². The van der Waals surface area contributed by atoms with E-state index >= 15 is 0 Å². The van der Waals surface area contributed by atoms with E-state index in [4.69, 9.17) is 15.4 Å². The van der Waals surface area contributed by atoms with Gasteiger partial charge in [-0.2, -0.15) is 18.4 Å². The van der Waals surface area contributed by atoms with Gasteiger partial charge in [0.2, 0.25) is 0 Å². The Bertz CT molecular complexity index is 4320. The van der Waals surface area contributed by atoms with Gasteiger partial charge in [0.25, 0.3) is 0 Å². The molecule has 9 aromatic carbocycles. The Morgan fingerprint density at radius 3 is 1.65 bits per heavy atom. The van der Waals surface area contributed by atoms with Gasteiger partial charge < -0.3 is 18.0 Å². The molecule has 0 N–H and O–H groups in total. The predicted octanol–water partition coefficient (Wildman–Crippen LogP) is 16.5. The van der Waals surface area contributed by atoms with Gasteiger partial charge in [0.15, 0.2) is 5.69 Å².